The average molecular weight is 1070 g/mol. The summed E-state index contributed by atoms with van der Waals surface area (Å²) in [7, 11) is 0. The van der Waals surface area contributed by atoms with Crippen molar-refractivity contribution in [3.63, 3.8) is 0 Å². The second-order valence-corrected chi connectivity index (χ2v) is 22.5. The number of aromatic nitrogens is 1. The Kier molecular flexibility index (Phi) is 12.0. The van der Waals surface area contributed by atoms with Crippen molar-refractivity contribution in [3.8, 4) is 5.69 Å². The topological polar surface area (TPSA) is 17.9 Å². The Morgan fingerprint density at radius 1 is 0.402 bits per heavy atom. The highest BCUT2D eigenvalue weighted by Gasteiger charge is 2.48. The molecule has 10 aromatic carbocycles. The van der Waals surface area contributed by atoms with Crippen LogP contribution >= 0.6 is 11.8 Å². The number of fused-ring (bicyclic) bond motifs is 8. The summed E-state index contributed by atoms with van der Waals surface area (Å²) < 4.78 is 2.53. The van der Waals surface area contributed by atoms with Crippen LogP contribution in [0.1, 0.15) is 22.5 Å². The van der Waals surface area contributed by atoms with E-state index in [-0.39, 0.29) is 13.4 Å². The second-order valence-electron chi connectivity index (χ2n) is 21.4. The summed E-state index contributed by atoms with van der Waals surface area (Å²) in [5, 5.41) is 0. The maximum absolute atomic E-state index is 4.45. The van der Waals surface area contributed by atoms with Gasteiger partial charge in [-0.3, -0.25) is 0 Å². The Labute approximate surface area is 485 Å². The van der Waals surface area contributed by atoms with E-state index in [0.717, 1.165) is 79.6 Å². The molecule has 0 bridgehead atoms. The van der Waals surface area contributed by atoms with E-state index in [0.29, 0.717) is 0 Å². The lowest BCUT2D eigenvalue weighted by atomic mass is 9.30. The molecule has 5 nitrogen and oxygen atoms in total. The molecule has 0 saturated carbocycles. The summed E-state index contributed by atoms with van der Waals surface area (Å²) in [6.07, 6.45) is 10.5. The van der Waals surface area contributed by atoms with Gasteiger partial charge in [-0.2, -0.15) is 0 Å². The van der Waals surface area contributed by atoms with E-state index in [1.165, 1.54) is 59.4 Å². The smallest absolute Gasteiger partial charge is 0.252 e. The number of benzene rings is 10. The molecule has 11 aromatic rings. The van der Waals surface area contributed by atoms with E-state index in [1.807, 2.05) is 23.9 Å². The van der Waals surface area contributed by atoms with Gasteiger partial charge in [0.2, 0.25) is 6.71 Å². The van der Waals surface area contributed by atoms with Gasteiger partial charge in [0.15, 0.2) is 0 Å². The number of hydrogen-bond acceptors (Lipinski definition) is 5. The van der Waals surface area contributed by atoms with Crippen molar-refractivity contribution in [2.24, 2.45) is 0 Å². The quantitative estimate of drug-likeness (QED) is 0.0946. The van der Waals surface area contributed by atoms with E-state index in [4.69, 9.17) is 0 Å². The third-order valence-electron chi connectivity index (χ3n) is 16.9. The molecule has 388 valence electrons. The Morgan fingerprint density at radius 2 is 0.866 bits per heavy atom. The van der Waals surface area contributed by atoms with E-state index >= 15 is 0 Å². The molecule has 15 rings (SSSR count). The van der Waals surface area contributed by atoms with E-state index < -0.39 is 0 Å². The molecule has 0 amide bonds. The molecule has 0 saturated heterocycles. The van der Waals surface area contributed by atoms with Crippen LogP contribution in [0.25, 0.3) is 17.2 Å². The van der Waals surface area contributed by atoms with Crippen LogP contribution in [0, 0.1) is 13.8 Å². The number of allylic oxidation sites excluding steroid dienone is 4. The number of anilines is 12. The van der Waals surface area contributed by atoms with Gasteiger partial charge in [0.05, 0.1) is 5.69 Å². The van der Waals surface area contributed by atoms with Crippen LogP contribution in [0.2, 0.25) is 0 Å². The van der Waals surface area contributed by atoms with Crippen molar-refractivity contribution in [2.45, 2.75) is 23.6 Å². The highest BCUT2D eigenvalue weighted by molar-refractivity contribution is 8.00. The van der Waals surface area contributed by atoms with Gasteiger partial charge in [-0.05, 0) is 168 Å². The number of hydrogen-bond donors (Lipinski definition) is 0. The first-order valence-electron chi connectivity index (χ1n) is 28.1. The van der Waals surface area contributed by atoms with Crippen molar-refractivity contribution in [1.29, 1.82) is 0 Å². The van der Waals surface area contributed by atoms with Crippen molar-refractivity contribution in [1.82, 2.24) is 4.57 Å². The maximum Gasteiger partial charge on any atom is 0.252 e. The van der Waals surface area contributed by atoms with Crippen LogP contribution in [0.4, 0.5) is 68.2 Å². The van der Waals surface area contributed by atoms with Gasteiger partial charge in [0.1, 0.15) is 0 Å². The molecule has 4 aliphatic heterocycles. The van der Waals surface area contributed by atoms with Crippen LogP contribution in [0.15, 0.2) is 290 Å². The summed E-state index contributed by atoms with van der Waals surface area (Å²) in [6, 6.07) is 89.2. The first-order valence-corrected chi connectivity index (χ1v) is 29.0. The molecule has 0 aliphatic carbocycles. The zero-order valence-electron chi connectivity index (χ0n) is 45.7. The van der Waals surface area contributed by atoms with Crippen LogP contribution < -0.4 is 46.9 Å². The SMILES string of the molecule is C=C/C=C\c1c(C)c(C)c2n1-c1cc(N(c3ccccc3)c3ccccc3)cc3c1B(/C2=C/C=C)c1cc2c(cc1N3c1ccccc1)N(c1ccccc1)c1cc(N(c3ccccc3)c3ccccc3)cc3c1B2c1ccccc1S3. The lowest BCUT2D eigenvalue weighted by Crippen LogP contribution is -2.62. The van der Waals surface area contributed by atoms with Crippen molar-refractivity contribution < 1.29 is 0 Å². The van der Waals surface area contributed by atoms with Gasteiger partial charge in [-0.1, -0.05) is 188 Å². The van der Waals surface area contributed by atoms with Crippen molar-refractivity contribution in [2.75, 3.05) is 19.6 Å². The molecule has 0 unspecified atom stereocenters. The highest BCUT2D eigenvalue weighted by atomic mass is 32.2. The lowest BCUT2D eigenvalue weighted by Gasteiger charge is -2.45. The monoisotopic (exact) mass is 1070 g/mol. The van der Waals surface area contributed by atoms with E-state index in [2.05, 4.69) is 312 Å². The Hall–Kier alpha value is -9.88. The summed E-state index contributed by atoms with van der Waals surface area (Å²) in [5.41, 5.74) is 26.8. The standard InChI is InChI=1S/C74H55B2N5S/c1-5-7-42-64-50(3)51(4)74-61(28-6-2)76-63-48-62-65(49-66(63)79(56-37-22-12-23-38-56)67-44-58(45-68(72(67)76)81(64)74)77(52-29-14-8-15-30-52)53-31-16-9-17-32-53)80(57-39-24-13-25-40-57)69-46-59(47-71-73(69)75(62)60-41-26-27-43-70(60)82-71)78(54-33-18-10-19-34-54)55-35-20-11-21-36-55/h5-49H,1-2H2,3-4H3/b42-7-,61-28+. The largest absolute Gasteiger partial charge is 0.311 e. The molecule has 4 aliphatic rings. The Morgan fingerprint density at radius 3 is 1.39 bits per heavy atom. The van der Waals surface area contributed by atoms with Gasteiger partial charge in [-0.15, -0.1) is 0 Å². The van der Waals surface area contributed by atoms with Gasteiger partial charge in [-0.25, -0.2) is 0 Å². The van der Waals surface area contributed by atoms with Crippen LogP contribution in [0.5, 0.6) is 0 Å². The number of rotatable bonds is 11. The first kappa shape index (κ1) is 49.2. The first-order chi connectivity index (χ1) is 40.5. The maximum atomic E-state index is 4.45. The molecule has 8 heteroatoms. The average Bonchev–Trinajstić information content (AvgIpc) is 1.83. The third kappa shape index (κ3) is 7.73. The number of para-hydroxylation sites is 6. The molecule has 1 aromatic heterocycles. The van der Waals surface area contributed by atoms with Crippen molar-refractivity contribution >= 4 is 132 Å². The minimum Gasteiger partial charge on any atom is -0.311 e. The predicted molar refractivity (Wildman–Crippen MR) is 352 cm³/mol. The normalized spacial score (nSPS) is 13.7. The van der Waals surface area contributed by atoms with Gasteiger partial charge < -0.3 is 24.2 Å². The van der Waals surface area contributed by atoms with Gasteiger partial charge >= 0.3 is 0 Å². The summed E-state index contributed by atoms with van der Waals surface area (Å²) >= 11 is 1.89. The minimum absolute atomic E-state index is 0.0729. The minimum atomic E-state index is -0.178. The fraction of sp³-hybridized carbons (Fsp3) is 0.0270. The lowest BCUT2D eigenvalue weighted by molar-refractivity contribution is 1.03. The molecule has 0 N–H and O–H groups in total. The number of nitrogens with zero attached hydrogens (tertiary/aromatic N) is 5. The Balaban J connectivity index is 1.07. The molecule has 0 radical (unpaired) electrons. The zero-order chi connectivity index (χ0) is 55.0. The summed E-state index contributed by atoms with van der Waals surface area (Å²) in [5.74, 6) is 0. The molecular weight excluding hydrogens is 1010 g/mol. The third-order valence-corrected chi connectivity index (χ3v) is 18.0. The molecule has 0 fully saturated rings. The Bertz CT molecular complexity index is 4310. The molecular formula is C74H55B2N5S. The second kappa shape index (κ2) is 20.0. The molecule has 0 atom stereocenters. The van der Waals surface area contributed by atoms with Gasteiger partial charge in [0.25, 0.3) is 6.71 Å². The summed E-state index contributed by atoms with van der Waals surface area (Å²) in [4.78, 5) is 12.4. The van der Waals surface area contributed by atoms with Crippen LogP contribution in [0.3, 0.4) is 0 Å². The predicted octanol–water partition coefficient (Wildman–Crippen LogP) is 16.5. The van der Waals surface area contributed by atoms with E-state index in [1.54, 1.807) is 0 Å². The fourth-order valence-electron chi connectivity index (χ4n) is 13.4. The summed E-state index contributed by atoms with van der Waals surface area (Å²) in [6.45, 7) is 12.9. The fourth-order valence-corrected chi connectivity index (χ4v) is 14.6. The van der Waals surface area contributed by atoms with Crippen LogP contribution in [-0.2, 0) is 0 Å². The van der Waals surface area contributed by atoms with Crippen molar-refractivity contribution in [3.05, 3.63) is 303 Å². The molecule has 82 heavy (non-hydrogen) atoms. The highest BCUT2D eigenvalue weighted by Crippen LogP contribution is 2.51. The van der Waals surface area contributed by atoms with Gasteiger partial charge in [0, 0.05) is 89.4 Å². The van der Waals surface area contributed by atoms with E-state index in [9.17, 15) is 0 Å². The molecule has 0 spiro atoms. The van der Waals surface area contributed by atoms with Crippen LogP contribution in [-0.4, -0.2) is 18.0 Å². The zero-order valence-corrected chi connectivity index (χ0v) is 46.5. The molecule has 5 heterocycles.